The van der Waals surface area contributed by atoms with Gasteiger partial charge in [0, 0.05) is 19.6 Å². The molecule has 5 heteroatoms. The fourth-order valence-electron chi connectivity index (χ4n) is 2.38. The monoisotopic (exact) mass is 257 g/mol. The molecule has 0 aromatic carbocycles. The molecule has 1 aliphatic carbocycles. The summed E-state index contributed by atoms with van der Waals surface area (Å²) in [5.74, 6) is -1.01. The fourth-order valence-corrected chi connectivity index (χ4v) is 2.38. The molecule has 1 rings (SSSR count). The van der Waals surface area contributed by atoms with Gasteiger partial charge in [0.05, 0.1) is 12.0 Å². The van der Waals surface area contributed by atoms with Crippen molar-refractivity contribution in [3.8, 4) is 0 Å². The van der Waals surface area contributed by atoms with Gasteiger partial charge in [-0.2, -0.15) is 0 Å². The molecular weight excluding hydrogens is 234 g/mol. The van der Waals surface area contributed by atoms with Crippen molar-refractivity contribution >= 4 is 11.9 Å². The zero-order valence-electron chi connectivity index (χ0n) is 11.3. The molecule has 3 atom stereocenters. The Hall–Kier alpha value is -1.10. The lowest BCUT2D eigenvalue weighted by Gasteiger charge is -2.20. The number of hydrogen-bond acceptors (Lipinski definition) is 3. The summed E-state index contributed by atoms with van der Waals surface area (Å²) in [5.41, 5.74) is 0. The number of aliphatic carboxylic acids is 1. The summed E-state index contributed by atoms with van der Waals surface area (Å²) < 4.78 is 5.28. The van der Waals surface area contributed by atoms with Crippen LogP contribution in [-0.4, -0.2) is 36.7 Å². The van der Waals surface area contributed by atoms with Gasteiger partial charge in [0.15, 0.2) is 0 Å². The van der Waals surface area contributed by atoms with Crippen molar-refractivity contribution in [2.45, 2.75) is 39.2 Å². The molecule has 0 spiro atoms. The van der Waals surface area contributed by atoms with Gasteiger partial charge in [0.1, 0.15) is 0 Å². The third-order valence-electron chi connectivity index (χ3n) is 3.68. The van der Waals surface area contributed by atoms with Crippen LogP contribution in [0.4, 0.5) is 0 Å². The van der Waals surface area contributed by atoms with Crippen molar-refractivity contribution in [1.29, 1.82) is 0 Å². The van der Waals surface area contributed by atoms with Crippen molar-refractivity contribution in [1.82, 2.24) is 5.32 Å². The number of carbonyl (C=O) groups is 2. The highest BCUT2D eigenvalue weighted by Crippen LogP contribution is 2.31. The second-order valence-corrected chi connectivity index (χ2v) is 5.31. The van der Waals surface area contributed by atoms with Crippen LogP contribution < -0.4 is 5.32 Å². The van der Waals surface area contributed by atoms with Crippen molar-refractivity contribution in [3.05, 3.63) is 0 Å². The average molecular weight is 257 g/mol. The molecule has 5 nitrogen and oxygen atoms in total. The summed E-state index contributed by atoms with van der Waals surface area (Å²) >= 11 is 0. The van der Waals surface area contributed by atoms with E-state index in [1.54, 1.807) is 7.11 Å². The van der Waals surface area contributed by atoms with Gasteiger partial charge in [-0.1, -0.05) is 13.8 Å². The molecule has 0 heterocycles. The lowest BCUT2D eigenvalue weighted by molar-refractivity contribution is -0.141. The zero-order chi connectivity index (χ0) is 13.7. The fraction of sp³-hybridized carbons (Fsp3) is 0.846. The van der Waals surface area contributed by atoms with Crippen LogP contribution in [0.25, 0.3) is 0 Å². The molecule has 2 N–H and O–H groups in total. The third kappa shape index (κ3) is 3.98. The topological polar surface area (TPSA) is 75.6 Å². The lowest BCUT2D eigenvalue weighted by Crippen LogP contribution is -2.38. The Morgan fingerprint density at radius 3 is 2.39 bits per heavy atom. The number of amides is 1. The van der Waals surface area contributed by atoms with Gasteiger partial charge >= 0.3 is 5.97 Å². The highest BCUT2D eigenvalue weighted by Gasteiger charge is 2.33. The summed E-state index contributed by atoms with van der Waals surface area (Å²) in [4.78, 5) is 22.7. The molecule has 1 unspecified atom stereocenters. The van der Waals surface area contributed by atoms with E-state index >= 15 is 0 Å². The molecular formula is C13H23NO4. The minimum absolute atomic E-state index is 0.00521. The second kappa shape index (κ2) is 6.73. The number of nitrogens with one attached hydrogen (secondary N) is 1. The molecule has 1 amide bonds. The van der Waals surface area contributed by atoms with Crippen LogP contribution in [0.2, 0.25) is 0 Å². The summed E-state index contributed by atoms with van der Waals surface area (Å²) in [6.07, 6.45) is 1.74. The number of hydrogen-bond donors (Lipinski definition) is 2. The van der Waals surface area contributed by atoms with Crippen molar-refractivity contribution in [2.75, 3.05) is 13.7 Å². The van der Waals surface area contributed by atoms with Gasteiger partial charge in [-0.25, -0.2) is 0 Å². The van der Waals surface area contributed by atoms with Crippen LogP contribution in [0, 0.1) is 17.8 Å². The van der Waals surface area contributed by atoms with Crippen LogP contribution in [-0.2, 0) is 14.3 Å². The molecule has 0 aliphatic heterocycles. The normalized spacial score (nSPS) is 25.1. The Labute approximate surface area is 108 Å². The quantitative estimate of drug-likeness (QED) is 0.751. The Kier molecular flexibility index (Phi) is 5.59. The first-order chi connectivity index (χ1) is 8.45. The summed E-state index contributed by atoms with van der Waals surface area (Å²) in [6, 6.07) is 0. The zero-order valence-corrected chi connectivity index (χ0v) is 11.3. The largest absolute Gasteiger partial charge is 0.481 e. The third-order valence-corrected chi connectivity index (χ3v) is 3.68. The number of carbonyl (C=O) groups excluding carboxylic acids is 1. The maximum Gasteiger partial charge on any atom is 0.306 e. The van der Waals surface area contributed by atoms with E-state index in [1.807, 2.05) is 13.8 Å². The van der Waals surface area contributed by atoms with E-state index in [2.05, 4.69) is 5.32 Å². The highest BCUT2D eigenvalue weighted by atomic mass is 16.5. The smallest absolute Gasteiger partial charge is 0.306 e. The minimum Gasteiger partial charge on any atom is -0.481 e. The molecule has 0 aromatic rings. The summed E-state index contributed by atoms with van der Waals surface area (Å²) in [6.45, 7) is 4.56. The van der Waals surface area contributed by atoms with E-state index < -0.39 is 5.97 Å². The van der Waals surface area contributed by atoms with Gasteiger partial charge in [-0.15, -0.1) is 0 Å². The van der Waals surface area contributed by atoms with Crippen LogP contribution in [0.1, 0.15) is 33.1 Å². The lowest BCUT2D eigenvalue weighted by atomic mass is 10.0. The van der Waals surface area contributed by atoms with E-state index in [1.165, 1.54) is 0 Å². The Balaban J connectivity index is 2.36. The van der Waals surface area contributed by atoms with Crippen molar-refractivity contribution in [3.63, 3.8) is 0 Å². The molecule has 1 saturated carbocycles. The predicted molar refractivity (Wildman–Crippen MR) is 67.1 cm³/mol. The average Bonchev–Trinajstić information content (AvgIpc) is 2.78. The number of methoxy groups -OCH3 is 1. The van der Waals surface area contributed by atoms with E-state index in [-0.39, 0.29) is 23.8 Å². The maximum absolute atomic E-state index is 11.9. The van der Waals surface area contributed by atoms with E-state index in [0.717, 1.165) is 0 Å². The van der Waals surface area contributed by atoms with Gasteiger partial charge in [0.25, 0.3) is 0 Å². The molecule has 0 radical (unpaired) electrons. The standard InChI is InChI=1S/C13H23NO4/c1-8(2)11(18-3)7-14-12(15)9-4-5-10(6-9)13(16)17/h8-11H,4-7H2,1-3H3,(H,14,15)(H,16,17)/t9-,10+,11?/m1/s1. The van der Waals surface area contributed by atoms with Crippen molar-refractivity contribution < 1.29 is 19.4 Å². The maximum atomic E-state index is 11.9. The molecule has 1 fully saturated rings. The van der Waals surface area contributed by atoms with Gasteiger partial charge in [-0.3, -0.25) is 9.59 Å². The SMILES string of the molecule is COC(CNC(=O)[C@@H]1CC[C@H](C(=O)O)C1)C(C)C. The molecule has 1 aliphatic rings. The van der Waals surface area contributed by atoms with Gasteiger partial charge < -0.3 is 15.2 Å². The van der Waals surface area contributed by atoms with Crippen LogP contribution in [0.5, 0.6) is 0 Å². The number of carboxylic acids is 1. The van der Waals surface area contributed by atoms with E-state index in [9.17, 15) is 9.59 Å². The minimum atomic E-state index is -0.790. The first kappa shape index (κ1) is 15.0. The molecule has 0 aromatic heterocycles. The van der Waals surface area contributed by atoms with Crippen LogP contribution in [0.15, 0.2) is 0 Å². The Bertz CT molecular complexity index is 303. The van der Waals surface area contributed by atoms with Gasteiger partial charge in [0.2, 0.25) is 5.91 Å². The highest BCUT2D eigenvalue weighted by molar-refractivity contribution is 5.80. The van der Waals surface area contributed by atoms with E-state index in [0.29, 0.717) is 31.7 Å². The van der Waals surface area contributed by atoms with E-state index in [4.69, 9.17) is 9.84 Å². The summed E-state index contributed by atoms with van der Waals surface area (Å²) in [7, 11) is 1.63. The Morgan fingerprint density at radius 1 is 1.33 bits per heavy atom. The molecule has 0 bridgehead atoms. The predicted octanol–water partition coefficient (Wildman–Crippen LogP) is 1.27. The van der Waals surface area contributed by atoms with Crippen LogP contribution >= 0.6 is 0 Å². The van der Waals surface area contributed by atoms with Crippen LogP contribution in [0.3, 0.4) is 0 Å². The second-order valence-electron chi connectivity index (χ2n) is 5.31. The number of carboxylic acid groups (broad SMARTS) is 1. The Morgan fingerprint density at radius 2 is 1.94 bits per heavy atom. The first-order valence-electron chi connectivity index (χ1n) is 6.49. The summed E-state index contributed by atoms with van der Waals surface area (Å²) in [5, 5.41) is 11.7. The molecule has 18 heavy (non-hydrogen) atoms. The number of ether oxygens (including phenoxy) is 1. The molecule has 0 saturated heterocycles. The van der Waals surface area contributed by atoms with Crippen molar-refractivity contribution in [2.24, 2.45) is 17.8 Å². The number of rotatable bonds is 6. The van der Waals surface area contributed by atoms with Gasteiger partial charge in [-0.05, 0) is 25.2 Å². The first-order valence-corrected chi connectivity index (χ1v) is 6.49. The molecule has 104 valence electrons.